The van der Waals surface area contributed by atoms with Gasteiger partial charge in [-0.3, -0.25) is 4.79 Å². The van der Waals surface area contributed by atoms with Crippen molar-refractivity contribution in [3.63, 3.8) is 0 Å². The molecule has 2 fully saturated rings. The van der Waals surface area contributed by atoms with Gasteiger partial charge in [0.25, 0.3) is 10.0 Å². The Kier molecular flexibility index (Phi) is 3.41. The minimum Gasteiger partial charge on any atom is -0.274 e. The zero-order valence-corrected chi connectivity index (χ0v) is 13.6. The average molecular weight is 329 g/mol. The number of amides is 1. The molecule has 1 N–H and O–H groups in total. The second-order valence-corrected chi connectivity index (χ2v) is 8.30. The number of rotatable bonds is 3. The first-order valence-electron chi connectivity index (χ1n) is 8.12. The number of hydrogen-bond acceptors (Lipinski definition) is 3. The van der Waals surface area contributed by atoms with E-state index in [1.807, 2.05) is 24.3 Å². The van der Waals surface area contributed by atoms with Crippen LogP contribution in [0.2, 0.25) is 0 Å². The Labute approximate surface area is 135 Å². The molecule has 0 aliphatic heterocycles. The molecule has 2 aliphatic rings. The number of carbonyl (C=O) groups is 1. The second kappa shape index (κ2) is 5.34. The van der Waals surface area contributed by atoms with Gasteiger partial charge in [-0.25, -0.2) is 13.1 Å². The van der Waals surface area contributed by atoms with Gasteiger partial charge in [0.15, 0.2) is 0 Å². The van der Waals surface area contributed by atoms with Gasteiger partial charge >= 0.3 is 0 Å². The van der Waals surface area contributed by atoms with Gasteiger partial charge in [-0.15, -0.1) is 0 Å². The molecular formula is C18H19NO3S. The SMILES string of the molecule is O=C(NS(=O)(=O)c1ccc2ccccc2c1)C1C2CCCCC21. The molecule has 0 radical (unpaired) electrons. The summed E-state index contributed by atoms with van der Waals surface area (Å²) < 4.78 is 27.3. The van der Waals surface area contributed by atoms with E-state index >= 15 is 0 Å². The van der Waals surface area contributed by atoms with E-state index in [9.17, 15) is 13.2 Å². The van der Waals surface area contributed by atoms with Crippen LogP contribution in [0.4, 0.5) is 0 Å². The van der Waals surface area contributed by atoms with Crippen molar-refractivity contribution < 1.29 is 13.2 Å². The lowest BCUT2D eigenvalue weighted by Crippen LogP contribution is -2.32. The molecule has 0 spiro atoms. The van der Waals surface area contributed by atoms with Gasteiger partial charge < -0.3 is 0 Å². The second-order valence-electron chi connectivity index (χ2n) is 6.62. The van der Waals surface area contributed by atoms with Crippen molar-refractivity contribution in [1.82, 2.24) is 4.72 Å². The highest BCUT2D eigenvalue weighted by molar-refractivity contribution is 7.90. The molecule has 2 aliphatic carbocycles. The van der Waals surface area contributed by atoms with E-state index in [2.05, 4.69) is 4.72 Å². The Hall–Kier alpha value is -1.88. The van der Waals surface area contributed by atoms with Gasteiger partial charge in [0.1, 0.15) is 0 Å². The molecule has 0 saturated heterocycles. The van der Waals surface area contributed by atoms with Crippen molar-refractivity contribution in [2.24, 2.45) is 17.8 Å². The monoisotopic (exact) mass is 329 g/mol. The Balaban J connectivity index is 1.56. The molecule has 0 heterocycles. The highest BCUT2D eigenvalue weighted by Gasteiger charge is 2.55. The predicted molar refractivity (Wildman–Crippen MR) is 88.2 cm³/mol. The quantitative estimate of drug-likeness (QED) is 0.941. The van der Waals surface area contributed by atoms with E-state index in [1.165, 1.54) is 0 Å². The molecule has 2 aromatic rings. The summed E-state index contributed by atoms with van der Waals surface area (Å²) in [6.07, 6.45) is 4.42. The van der Waals surface area contributed by atoms with E-state index in [1.54, 1.807) is 18.2 Å². The molecule has 0 bridgehead atoms. The first-order chi connectivity index (χ1) is 11.1. The van der Waals surface area contributed by atoms with Crippen molar-refractivity contribution in [1.29, 1.82) is 0 Å². The fraction of sp³-hybridized carbons (Fsp3) is 0.389. The maximum Gasteiger partial charge on any atom is 0.264 e. The molecule has 120 valence electrons. The summed E-state index contributed by atoms with van der Waals surface area (Å²) in [6, 6.07) is 12.5. The highest BCUT2D eigenvalue weighted by Crippen LogP contribution is 2.55. The summed E-state index contributed by atoms with van der Waals surface area (Å²) in [6.45, 7) is 0. The van der Waals surface area contributed by atoms with Crippen molar-refractivity contribution in [2.75, 3.05) is 0 Å². The van der Waals surface area contributed by atoms with Crippen LogP contribution in [0.3, 0.4) is 0 Å². The van der Waals surface area contributed by atoms with Crippen molar-refractivity contribution in [2.45, 2.75) is 30.6 Å². The minimum absolute atomic E-state index is 0.104. The smallest absolute Gasteiger partial charge is 0.264 e. The summed E-state index contributed by atoms with van der Waals surface area (Å²) in [5, 5.41) is 1.83. The summed E-state index contributed by atoms with van der Waals surface area (Å²) in [5.74, 6) is 0.369. The van der Waals surface area contributed by atoms with E-state index < -0.39 is 10.0 Å². The van der Waals surface area contributed by atoms with Crippen molar-refractivity contribution in [3.05, 3.63) is 42.5 Å². The fourth-order valence-electron chi connectivity index (χ4n) is 3.98. The third kappa shape index (κ3) is 2.63. The molecule has 2 atom stereocenters. The topological polar surface area (TPSA) is 63.2 Å². The zero-order valence-electron chi connectivity index (χ0n) is 12.7. The number of hydrogen-bond donors (Lipinski definition) is 1. The molecule has 2 saturated carbocycles. The molecule has 0 aromatic heterocycles. The standard InChI is InChI=1S/C18H19NO3S/c20-18(17-15-7-3-4-8-16(15)17)19-23(21,22)14-10-9-12-5-1-2-6-13(12)11-14/h1-2,5-6,9-11,15-17H,3-4,7-8H2,(H,19,20). The maximum atomic E-state index is 12.5. The predicted octanol–water partition coefficient (Wildman–Crippen LogP) is 3.08. The Morgan fingerprint density at radius 2 is 1.61 bits per heavy atom. The van der Waals surface area contributed by atoms with Crippen LogP contribution in [-0.2, 0) is 14.8 Å². The molecule has 4 rings (SSSR count). The number of carbonyl (C=O) groups excluding carboxylic acids is 1. The number of nitrogens with one attached hydrogen (secondary N) is 1. The summed E-state index contributed by atoms with van der Waals surface area (Å²) in [5.41, 5.74) is 0. The molecular weight excluding hydrogens is 310 g/mol. The van der Waals surface area contributed by atoms with Gasteiger partial charge in [-0.05, 0) is 47.6 Å². The first-order valence-corrected chi connectivity index (χ1v) is 9.60. The molecule has 2 aromatic carbocycles. The summed E-state index contributed by atoms with van der Waals surface area (Å²) in [4.78, 5) is 12.5. The van der Waals surface area contributed by atoms with E-state index in [0.717, 1.165) is 36.5 Å². The first kappa shape index (κ1) is 14.7. The zero-order chi connectivity index (χ0) is 16.0. The average Bonchev–Trinajstić information content (AvgIpc) is 3.28. The van der Waals surface area contributed by atoms with Gasteiger partial charge in [0, 0.05) is 5.92 Å². The minimum atomic E-state index is -3.80. The fourth-order valence-corrected chi connectivity index (χ4v) is 5.02. The third-order valence-electron chi connectivity index (χ3n) is 5.23. The van der Waals surface area contributed by atoms with Crippen molar-refractivity contribution in [3.8, 4) is 0 Å². The van der Waals surface area contributed by atoms with Gasteiger partial charge in [-0.1, -0.05) is 43.2 Å². The van der Waals surface area contributed by atoms with Gasteiger partial charge in [0.05, 0.1) is 4.90 Å². The van der Waals surface area contributed by atoms with Crippen LogP contribution in [0.15, 0.2) is 47.4 Å². The Bertz CT molecular complexity index is 863. The largest absolute Gasteiger partial charge is 0.274 e. The summed E-state index contributed by atoms with van der Waals surface area (Å²) in [7, 11) is -3.80. The van der Waals surface area contributed by atoms with Crippen LogP contribution < -0.4 is 4.72 Å². The van der Waals surface area contributed by atoms with Crippen molar-refractivity contribution >= 4 is 26.7 Å². The molecule has 4 nitrogen and oxygen atoms in total. The third-order valence-corrected chi connectivity index (χ3v) is 6.57. The molecule has 5 heteroatoms. The van der Waals surface area contributed by atoms with Gasteiger partial charge in [-0.2, -0.15) is 0 Å². The van der Waals surface area contributed by atoms with Gasteiger partial charge in [0.2, 0.25) is 5.91 Å². The van der Waals surface area contributed by atoms with Crippen LogP contribution in [0, 0.1) is 17.8 Å². The Morgan fingerprint density at radius 1 is 0.957 bits per heavy atom. The van der Waals surface area contributed by atoms with Crippen LogP contribution in [-0.4, -0.2) is 14.3 Å². The van der Waals surface area contributed by atoms with E-state index in [4.69, 9.17) is 0 Å². The molecule has 1 amide bonds. The number of fused-ring (bicyclic) bond motifs is 2. The number of benzene rings is 2. The van der Waals surface area contributed by atoms with E-state index in [-0.39, 0.29) is 16.7 Å². The summed E-state index contributed by atoms with van der Waals surface area (Å²) >= 11 is 0. The van der Waals surface area contributed by atoms with Crippen LogP contribution in [0.1, 0.15) is 25.7 Å². The van der Waals surface area contributed by atoms with E-state index in [0.29, 0.717) is 11.8 Å². The van der Waals surface area contributed by atoms with Crippen LogP contribution >= 0.6 is 0 Å². The molecule has 23 heavy (non-hydrogen) atoms. The highest BCUT2D eigenvalue weighted by atomic mass is 32.2. The maximum absolute atomic E-state index is 12.5. The lowest BCUT2D eigenvalue weighted by Gasteiger charge is -2.08. The van der Waals surface area contributed by atoms with Crippen LogP contribution in [0.25, 0.3) is 10.8 Å². The Morgan fingerprint density at radius 3 is 2.30 bits per heavy atom. The molecule has 2 unspecified atom stereocenters. The lowest BCUT2D eigenvalue weighted by atomic mass is 10.0. The number of sulfonamides is 1. The van der Waals surface area contributed by atoms with Crippen LogP contribution in [0.5, 0.6) is 0 Å². The lowest BCUT2D eigenvalue weighted by molar-refractivity contribution is -0.121. The normalized spacial score (nSPS) is 26.5.